The zero-order valence-electron chi connectivity index (χ0n) is 13.2. The van der Waals surface area contributed by atoms with Crippen LogP contribution in [0.1, 0.15) is 30.2 Å². The standard InChI is InChI=1S/C18H23NO3/c1-13(14-6-4-8-16(10-14)21-2)19-12-18(20)15-7-5-9-17(11-15)22-3/h4-11,13,18-20H,12H2,1-3H3. The smallest absolute Gasteiger partial charge is 0.119 e. The van der Waals surface area contributed by atoms with Gasteiger partial charge in [0, 0.05) is 12.6 Å². The van der Waals surface area contributed by atoms with Crippen LogP contribution in [0.15, 0.2) is 48.5 Å². The minimum atomic E-state index is -0.580. The summed E-state index contributed by atoms with van der Waals surface area (Å²) >= 11 is 0. The summed E-state index contributed by atoms with van der Waals surface area (Å²) in [5.41, 5.74) is 1.96. The number of ether oxygens (including phenoxy) is 2. The van der Waals surface area contributed by atoms with Crippen LogP contribution in [0.25, 0.3) is 0 Å². The molecule has 2 atom stereocenters. The van der Waals surface area contributed by atoms with Gasteiger partial charge in [-0.15, -0.1) is 0 Å². The van der Waals surface area contributed by atoms with Crippen LogP contribution in [-0.2, 0) is 0 Å². The molecule has 4 nitrogen and oxygen atoms in total. The van der Waals surface area contributed by atoms with Crippen LogP contribution >= 0.6 is 0 Å². The number of hydrogen-bond donors (Lipinski definition) is 2. The van der Waals surface area contributed by atoms with Crippen molar-refractivity contribution in [2.45, 2.75) is 19.1 Å². The Bertz CT molecular complexity index is 547. The second-order valence-corrected chi connectivity index (χ2v) is 5.20. The summed E-state index contributed by atoms with van der Waals surface area (Å²) in [5.74, 6) is 1.58. The molecule has 4 heteroatoms. The Balaban J connectivity index is 1.96. The van der Waals surface area contributed by atoms with Gasteiger partial charge >= 0.3 is 0 Å². The van der Waals surface area contributed by atoms with Gasteiger partial charge in [-0.05, 0) is 42.3 Å². The first-order valence-electron chi connectivity index (χ1n) is 7.33. The topological polar surface area (TPSA) is 50.7 Å². The van der Waals surface area contributed by atoms with E-state index in [2.05, 4.69) is 12.2 Å². The van der Waals surface area contributed by atoms with Crippen molar-refractivity contribution in [3.05, 3.63) is 59.7 Å². The Morgan fingerprint density at radius 1 is 0.955 bits per heavy atom. The van der Waals surface area contributed by atoms with Crippen LogP contribution < -0.4 is 14.8 Å². The van der Waals surface area contributed by atoms with E-state index in [1.165, 1.54) is 0 Å². The van der Waals surface area contributed by atoms with Crippen molar-refractivity contribution >= 4 is 0 Å². The molecule has 0 bridgehead atoms. The van der Waals surface area contributed by atoms with Crippen molar-refractivity contribution in [3.63, 3.8) is 0 Å². The molecule has 22 heavy (non-hydrogen) atoms. The van der Waals surface area contributed by atoms with E-state index >= 15 is 0 Å². The molecule has 2 unspecified atom stereocenters. The van der Waals surface area contributed by atoms with E-state index in [1.807, 2.05) is 48.5 Å². The Labute approximate surface area is 131 Å². The molecule has 0 fully saturated rings. The monoisotopic (exact) mass is 301 g/mol. The molecule has 0 radical (unpaired) electrons. The van der Waals surface area contributed by atoms with E-state index in [0.29, 0.717) is 6.54 Å². The molecule has 2 N–H and O–H groups in total. The fourth-order valence-electron chi connectivity index (χ4n) is 2.28. The van der Waals surface area contributed by atoms with Gasteiger partial charge in [0.05, 0.1) is 20.3 Å². The molecule has 0 aromatic heterocycles. The van der Waals surface area contributed by atoms with Gasteiger partial charge in [0.2, 0.25) is 0 Å². The summed E-state index contributed by atoms with van der Waals surface area (Å²) in [6.07, 6.45) is -0.580. The molecule has 2 rings (SSSR count). The maximum Gasteiger partial charge on any atom is 0.119 e. The first kappa shape index (κ1) is 16.3. The number of nitrogens with one attached hydrogen (secondary N) is 1. The largest absolute Gasteiger partial charge is 0.497 e. The highest BCUT2D eigenvalue weighted by Gasteiger charge is 2.11. The van der Waals surface area contributed by atoms with E-state index in [-0.39, 0.29) is 6.04 Å². The molecule has 0 aliphatic heterocycles. The molecule has 0 amide bonds. The van der Waals surface area contributed by atoms with Crippen molar-refractivity contribution in [1.82, 2.24) is 5.32 Å². The molecule has 2 aromatic rings. The first-order valence-corrected chi connectivity index (χ1v) is 7.33. The van der Waals surface area contributed by atoms with Gasteiger partial charge < -0.3 is 19.9 Å². The van der Waals surface area contributed by atoms with Crippen LogP contribution in [0.2, 0.25) is 0 Å². The summed E-state index contributed by atoms with van der Waals surface area (Å²) in [4.78, 5) is 0. The fraction of sp³-hybridized carbons (Fsp3) is 0.333. The molecular formula is C18H23NO3. The Hall–Kier alpha value is -2.04. The normalized spacial score (nSPS) is 13.5. The van der Waals surface area contributed by atoms with Gasteiger partial charge in [-0.1, -0.05) is 24.3 Å². The number of rotatable bonds is 7. The van der Waals surface area contributed by atoms with Gasteiger partial charge in [-0.25, -0.2) is 0 Å². The molecule has 118 valence electrons. The van der Waals surface area contributed by atoms with E-state index in [0.717, 1.165) is 22.6 Å². The fourth-order valence-corrected chi connectivity index (χ4v) is 2.28. The molecule has 0 aliphatic rings. The van der Waals surface area contributed by atoms with E-state index in [4.69, 9.17) is 9.47 Å². The summed E-state index contributed by atoms with van der Waals surface area (Å²) < 4.78 is 10.4. The predicted molar refractivity (Wildman–Crippen MR) is 87.4 cm³/mol. The lowest BCUT2D eigenvalue weighted by molar-refractivity contribution is 0.170. The van der Waals surface area contributed by atoms with Crippen LogP contribution in [0, 0.1) is 0 Å². The zero-order chi connectivity index (χ0) is 15.9. The predicted octanol–water partition coefficient (Wildman–Crippen LogP) is 3.09. The SMILES string of the molecule is COc1cccc(C(O)CNC(C)c2cccc(OC)c2)c1. The highest BCUT2D eigenvalue weighted by atomic mass is 16.5. The van der Waals surface area contributed by atoms with Gasteiger partial charge in [0.25, 0.3) is 0 Å². The van der Waals surface area contributed by atoms with Crippen LogP contribution in [-0.4, -0.2) is 25.9 Å². The maximum absolute atomic E-state index is 10.3. The van der Waals surface area contributed by atoms with Crippen molar-refractivity contribution in [2.24, 2.45) is 0 Å². The molecule has 2 aromatic carbocycles. The lowest BCUT2D eigenvalue weighted by Gasteiger charge is -2.18. The van der Waals surface area contributed by atoms with Crippen LogP contribution in [0.5, 0.6) is 11.5 Å². The lowest BCUT2D eigenvalue weighted by atomic mass is 10.1. The Morgan fingerprint density at radius 3 is 2.09 bits per heavy atom. The van der Waals surface area contributed by atoms with Gasteiger partial charge in [-0.3, -0.25) is 0 Å². The van der Waals surface area contributed by atoms with E-state index in [1.54, 1.807) is 14.2 Å². The minimum absolute atomic E-state index is 0.121. The third kappa shape index (κ3) is 4.23. The van der Waals surface area contributed by atoms with Crippen LogP contribution in [0.3, 0.4) is 0 Å². The molecular weight excluding hydrogens is 278 g/mol. The highest BCUT2D eigenvalue weighted by molar-refractivity contribution is 5.31. The highest BCUT2D eigenvalue weighted by Crippen LogP contribution is 2.21. The van der Waals surface area contributed by atoms with Crippen molar-refractivity contribution in [2.75, 3.05) is 20.8 Å². The number of benzene rings is 2. The number of methoxy groups -OCH3 is 2. The third-order valence-electron chi connectivity index (χ3n) is 3.69. The molecule has 0 heterocycles. The molecule has 0 saturated carbocycles. The van der Waals surface area contributed by atoms with E-state index < -0.39 is 6.10 Å². The van der Waals surface area contributed by atoms with Gasteiger partial charge in [0.1, 0.15) is 11.5 Å². The maximum atomic E-state index is 10.3. The molecule has 0 aliphatic carbocycles. The number of aliphatic hydroxyl groups excluding tert-OH is 1. The summed E-state index contributed by atoms with van der Waals surface area (Å²) in [6.45, 7) is 2.53. The Kier molecular flexibility index (Phi) is 5.81. The van der Waals surface area contributed by atoms with Crippen molar-refractivity contribution in [3.8, 4) is 11.5 Å². The van der Waals surface area contributed by atoms with Crippen LogP contribution in [0.4, 0.5) is 0 Å². The Morgan fingerprint density at radius 2 is 1.50 bits per heavy atom. The van der Waals surface area contributed by atoms with Crippen molar-refractivity contribution < 1.29 is 14.6 Å². The number of hydrogen-bond acceptors (Lipinski definition) is 4. The number of aliphatic hydroxyl groups is 1. The average Bonchev–Trinajstić information content (AvgIpc) is 2.59. The summed E-state index contributed by atoms with van der Waals surface area (Å²) in [6, 6.07) is 15.5. The summed E-state index contributed by atoms with van der Waals surface area (Å²) in [7, 11) is 3.28. The second-order valence-electron chi connectivity index (χ2n) is 5.20. The van der Waals surface area contributed by atoms with Gasteiger partial charge in [-0.2, -0.15) is 0 Å². The minimum Gasteiger partial charge on any atom is -0.497 e. The summed E-state index contributed by atoms with van der Waals surface area (Å²) in [5, 5.41) is 13.6. The lowest BCUT2D eigenvalue weighted by Crippen LogP contribution is -2.24. The molecule has 0 saturated heterocycles. The third-order valence-corrected chi connectivity index (χ3v) is 3.69. The quantitative estimate of drug-likeness (QED) is 0.825. The average molecular weight is 301 g/mol. The first-order chi connectivity index (χ1) is 10.6. The zero-order valence-corrected chi connectivity index (χ0v) is 13.2. The van der Waals surface area contributed by atoms with Crippen molar-refractivity contribution in [1.29, 1.82) is 0 Å². The van der Waals surface area contributed by atoms with E-state index in [9.17, 15) is 5.11 Å². The molecule has 0 spiro atoms. The van der Waals surface area contributed by atoms with Gasteiger partial charge in [0.15, 0.2) is 0 Å². The second kappa shape index (κ2) is 7.82.